The number of hydrogen-bond acceptors (Lipinski definition) is 3. The Morgan fingerprint density at radius 2 is 2.16 bits per heavy atom. The Labute approximate surface area is 111 Å². The fourth-order valence-corrected chi connectivity index (χ4v) is 2.03. The number of hydrogen-bond donors (Lipinski definition) is 3. The van der Waals surface area contributed by atoms with Crippen molar-refractivity contribution in [1.29, 1.82) is 0 Å². The molecule has 1 saturated carbocycles. The lowest BCUT2D eigenvalue weighted by atomic mass is 9.80. The second kappa shape index (κ2) is 5.69. The Hall–Kier alpha value is -2.11. The SMILES string of the molecule is CC(NC(=O)Nc1ccc(C(=O)O)nc1)C1CCC1. The Kier molecular flexibility index (Phi) is 3.99. The molecular weight excluding hydrogens is 246 g/mol. The molecule has 102 valence electrons. The quantitative estimate of drug-likeness (QED) is 0.775. The predicted octanol–water partition coefficient (Wildman–Crippen LogP) is 2.09. The van der Waals surface area contributed by atoms with Crippen LogP contribution in [-0.4, -0.2) is 28.1 Å². The van der Waals surface area contributed by atoms with E-state index in [-0.39, 0.29) is 17.8 Å². The molecule has 1 aromatic heterocycles. The van der Waals surface area contributed by atoms with Crippen LogP contribution in [0.5, 0.6) is 0 Å². The van der Waals surface area contributed by atoms with Gasteiger partial charge in [0.1, 0.15) is 5.69 Å². The van der Waals surface area contributed by atoms with Gasteiger partial charge < -0.3 is 15.7 Å². The minimum atomic E-state index is -1.09. The van der Waals surface area contributed by atoms with Crippen LogP contribution in [0.2, 0.25) is 0 Å². The van der Waals surface area contributed by atoms with Crippen LogP contribution in [0.1, 0.15) is 36.7 Å². The summed E-state index contributed by atoms with van der Waals surface area (Å²) in [6, 6.07) is 2.74. The summed E-state index contributed by atoms with van der Waals surface area (Å²) in [5.74, 6) is -0.520. The maximum atomic E-state index is 11.7. The molecule has 1 aliphatic carbocycles. The van der Waals surface area contributed by atoms with E-state index in [1.807, 2.05) is 6.92 Å². The number of anilines is 1. The molecule has 6 nitrogen and oxygen atoms in total. The molecule has 1 aliphatic rings. The van der Waals surface area contributed by atoms with Gasteiger partial charge in [-0.25, -0.2) is 14.6 Å². The van der Waals surface area contributed by atoms with Gasteiger partial charge in [-0.3, -0.25) is 0 Å². The molecule has 1 heterocycles. The third-order valence-corrected chi connectivity index (χ3v) is 3.46. The molecule has 1 atom stereocenters. The van der Waals surface area contributed by atoms with Gasteiger partial charge in [-0.05, 0) is 37.8 Å². The van der Waals surface area contributed by atoms with Crippen LogP contribution in [-0.2, 0) is 0 Å². The number of aromatic nitrogens is 1. The highest BCUT2D eigenvalue weighted by atomic mass is 16.4. The lowest BCUT2D eigenvalue weighted by Crippen LogP contribution is -2.42. The molecule has 2 rings (SSSR count). The maximum Gasteiger partial charge on any atom is 0.354 e. The van der Waals surface area contributed by atoms with E-state index in [4.69, 9.17) is 5.11 Å². The van der Waals surface area contributed by atoms with Crippen LogP contribution < -0.4 is 10.6 Å². The van der Waals surface area contributed by atoms with Gasteiger partial charge in [0.25, 0.3) is 0 Å². The summed E-state index contributed by atoms with van der Waals surface area (Å²) in [7, 11) is 0. The number of carbonyl (C=O) groups excluding carboxylic acids is 1. The summed E-state index contributed by atoms with van der Waals surface area (Å²) >= 11 is 0. The van der Waals surface area contributed by atoms with Gasteiger partial charge in [-0.2, -0.15) is 0 Å². The highest BCUT2D eigenvalue weighted by Crippen LogP contribution is 2.29. The number of carboxylic acid groups (broad SMARTS) is 1. The fourth-order valence-electron chi connectivity index (χ4n) is 2.03. The highest BCUT2D eigenvalue weighted by Gasteiger charge is 2.24. The minimum absolute atomic E-state index is 0.0474. The van der Waals surface area contributed by atoms with Crippen LogP contribution in [0.15, 0.2) is 18.3 Å². The van der Waals surface area contributed by atoms with E-state index in [9.17, 15) is 9.59 Å². The van der Waals surface area contributed by atoms with Crippen molar-refractivity contribution >= 4 is 17.7 Å². The van der Waals surface area contributed by atoms with E-state index in [0.29, 0.717) is 11.6 Å². The smallest absolute Gasteiger partial charge is 0.354 e. The summed E-state index contributed by atoms with van der Waals surface area (Å²) in [4.78, 5) is 26.1. The number of pyridine rings is 1. The summed E-state index contributed by atoms with van der Waals surface area (Å²) < 4.78 is 0. The highest BCUT2D eigenvalue weighted by molar-refractivity contribution is 5.90. The largest absolute Gasteiger partial charge is 0.477 e. The molecule has 0 saturated heterocycles. The number of carboxylic acids is 1. The molecule has 0 spiro atoms. The third kappa shape index (κ3) is 3.43. The van der Waals surface area contributed by atoms with Crippen molar-refractivity contribution in [3.8, 4) is 0 Å². The normalized spacial score (nSPS) is 16.3. The second-order valence-corrected chi connectivity index (χ2v) is 4.82. The van der Waals surface area contributed by atoms with Gasteiger partial charge in [0.2, 0.25) is 0 Å². The van der Waals surface area contributed by atoms with Crippen LogP contribution in [0.25, 0.3) is 0 Å². The lowest BCUT2D eigenvalue weighted by Gasteiger charge is -2.31. The third-order valence-electron chi connectivity index (χ3n) is 3.46. The molecule has 3 N–H and O–H groups in total. The van der Waals surface area contributed by atoms with E-state index in [2.05, 4.69) is 15.6 Å². The number of aromatic carboxylic acids is 1. The second-order valence-electron chi connectivity index (χ2n) is 4.82. The van der Waals surface area contributed by atoms with Gasteiger partial charge in [-0.1, -0.05) is 6.42 Å². The first-order chi connectivity index (χ1) is 9.06. The Morgan fingerprint density at radius 3 is 2.63 bits per heavy atom. The van der Waals surface area contributed by atoms with Gasteiger partial charge in [0.05, 0.1) is 11.9 Å². The zero-order valence-electron chi connectivity index (χ0n) is 10.7. The Balaban J connectivity index is 1.85. The van der Waals surface area contributed by atoms with Gasteiger partial charge in [0.15, 0.2) is 0 Å². The van der Waals surface area contributed by atoms with E-state index >= 15 is 0 Å². The lowest BCUT2D eigenvalue weighted by molar-refractivity contribution is 0.0690. The number of nitrogens with zero attached hydrogens (tertiary/aromatic N) is 1. The van der Waals surface area contributed by atoms with Crippen molar-refractivity contribution in [3.05, 3.63) is 24.0 Å². The molecule has 1 fully saturated rings. The first-order valence-corrected chi connectivity index (χ1v) is 6.33. The van der Waals surface area contributed by atoms with Crippen molar-refractivity contribution in [3.63, 3.8) is 0 Å². The summed E-state index contributed by atoms with van der Waals surface area (Å²) in [6.45, 7) is 2.00. The predicted molar refractivity (Wildman–Crippen MR) is 70.2 cm³/mol. The standard InChI is InChI=1S/C13H17N3O3/c1-8(9-3-2-4-9)15-13(19)16-10-5-6-11(12(17)18)14-7-10/h5-9H,2-4H2,1H3,(H,17,18)(H2,15,16,19). The molecule has 0 aliphatic heterocycles. The van der Waals surface area contributed by atoms with Crippen molar-refractivity contribution in [1.82, 2.24) is 10.3 Å². The van der Waals surface area contributed by atoms with Crippen molar-refractivity contribution in [2.75, 3.05) is 5.32 Å². The Bertz CT molecular complexity index is 469. The number of urea groups is 1. The van der Waals surface area contributed by atoms with E-state index in [1.54, 1.807) is 0 Å². The topological polar surface area (TPSA) is 91.3 Å². The molecule has 6 heteroatoms. The molecule has 19 heavy (non-hydrogen) atoms. The van der Waals surface area contributed by atoms with E-state index in [0.717, 1.165) is 12.8 Å². The van der Waals surface area contributed by atoms with E-state index < -0.39 is 5.97 Å². The zero-order chi connectivity index (χ0) is 13.8. The van der Waals surface area contributed by atoms with Crippen LogP contribution in [0, 0.1) is 5.92 Å². The number of carbonyl (C=O) groups is 2. The molecular formula is C13H17N3O3. The first-order valence-electron chi connectivity index (χ1n) is 6.33. The molecule has 2 amide bonds. The van der Waals surface area contributed by atoms with Crippen LogP contribution in [0.4, 0.5) is 10.5 Å². The van der Waals surface area contributed by atoms with Crippen LogP contribution >= 0.6 is 0 Å². The van der Waals surface area contributed by atoms with Crippen molar-refractivity contribution in [2.45, 2.75) is 32.2 Å². The number of rotatable bonds is 4. The molecule has 0 radical (unpaired) electrons. The van der Waals surface area contributed by atoms with E-state index in [1.165, 1.54) is 24.8 Å². The molecule has 0 aromatic carbocycles. The molecule has 1 unspecified atom stereocenters. The fraction of sp³-hybridized carbons (Fsp3) is 0.462. The maximum absolute atomic E-state index is 11.7. The number of nitrogens with one attached hydrogen (secondary N) is 2. The van der Waals surface area contributed by atoms with Crippen LogP contribution in [0.3, 0.4) is 0 Å². The summed E-state index contributed by atoms with van der Waals surface area (Å²) in [5, 5.41) is 14.2. The minimum Gasteiger partial charge on any atom is -0.477 e. The average molecular weight is 263 g/mol. The van der Waals surface area contributed by atoms with Crippen molar-refractivity contribution in [2.24, 2.45) is 5.92 Å². The van der Waals surface area contributed by atoms with Gasteiger partial charge in [0, 0.05) is 6.04 Å². The zero-order valence-corrected chi connectivity index (χ0v) is 10.7. The number of amides is 2. The van der Waals surface area contributed by atoms with Crippen molar-refractivity contribution < 1.29 is 14.7 Å². The molecule has 1 aromatic rings. The molecule has 0 bridgehead atoms. The van der Waals surface area contributed by atoms with Gasteiger partial charge >= 0.3 is 12.0 Å². The first kappa shape index (κ1) is 13.3. The average Bonchev–Trinajstić information content (AvgIpc) is 2.26. The monoisotopic (exact) mass is 263 g/mol. The summed E-state index contributed by atoms with van der Waals surface area (Å²) in [5.41, 5.74) is 0.428. The van der Waals surface area contributed by atoms with Gasteiger partial charge in [-0.15, -0.1) is 0 Å². The Morgan fingerprint density at radius 1 is 1.42 bits per heavy atom. The summed E-state index contributed by atoms with van der Waals surface area (Å²) in [6.07, 6.45) is 4.89.